The Labute approximate surface area is 204 Å². The number of rotatable bonds is 6. The number of aromatic nitrogens is 6. The Morgan fingerprint density at radius 3 is 2.61 bits per heavy atom. The monoisotopic (exact) mass is 486 g/mol. The van der Waals surface area contributed by atoms with Gasteiger partial charge in [-0.3, -0.25) is 4.98 Å². The molecule has 4 heterocycles. The Kier molecular flexibility index (Phi) is 5.28. The predicted octanol–water partition coefficient (Wildman–Crippen LogP) is 4.81. The van der Waals surface area contributed by atoms with Crippen molar-refractivity contribution in [3.63, 3.8) is 0 Å². The van der Waals surface area contributed by atoms with Crippen molar-refractivity contribution < 1.29 is 18.3 Å². The highest BCUT2D eigenvalue weighted by molar-refractivity contribution is 5.69. The molecule has 4 aromatic heterocycles. The Balaban J connectivity index is 1.37. The van der Waals surface area contributed by atoms with Crippen LogP contribution in [-0.4, -0.2) is 43.8 Å². The lowest BCUT2D eigenvalue weighted by atomic mass is 10.0. The molecule has 180 valence electrons. The number of ether oxygens (including phenoxy) is 2. The molecule has 0 saturated heterocycles. The number of nitrogens with zero attached hydrogens (tertiary/aromatic N) is 6. The molecule has 1 fully saturated rings. The van der Waals surface area contributed by atoms with Crippen molar-refractivity contribution in [2.24, 2.45) is 0 Å². The Bertz CT molecular complexity index is 1610. The van der Waals surface area contributed by atoms with Crippen LogP contribution in [0.5, 0.6) is 11.9 Å². The number of halogens is 2. The van der Waals surface area contributed by atoms with Crippen LogP contribution in [0, 0.1) is 11.6 Å². The van der Waals surface area contributed by atoms with E-state index < -0.39 is 11.6 Å². The minimum Gasteiger partial charge on any atom is -0.480 e. The van der Waals surface area contributed by atoms with Gasteiger partial charge in [0, 0.05) is 53.6 Å². The third-order valence-corrected chi connectivity index (χ3v) is 6.36. The summed E-state index contributed by atoms with van der Waals surface area (Å²) in [6, 6.07) is 9.36. The molecule has 2 atom stereocenters. The van der Waals surface area contributed by atoms with Gasteiger partial charge in [-0.05, 0) is 48.2 Å². The summed E-state index contributed by atoms with van der Waals surface area (Å²) >= 11 is 0. The second-order valence-corrected chi connectivity index (χ2v) is 8.50. The lowest BCUT2D eigenvalue weighted by Crippen LogP contribution is -2.02. The lowest BCUT2D eigenvalue weighted by molar-refractivity contribution is 0.353. The maximum atomic E-state index is 14.4. The van der Waals surface area contributed by atoms with E-state index in [1.54, 1.807) is 35.4 Å². The van der Waals surface area contributed by atoms with Crippen LogP contribution < -0.4 is 9.47 Å². The van der Waals surface area contributed by atoms with E-state index >= 15 is 0 Å². The first-order valence-corrected chi connectivity index (χ1v) is 11.3. The van der Waals surface area contributed by atoms with Gasteiger partial charge in [-0.15, -0.1) is 0 Å². The zero-order chi connectivity index (χ0) is 24.8. The van der Waals surface area contributed by atoms with Crippen LogP contribution in [0.4, 0.5) is 8.78 Å². The fourth-order valence-electron chi connectivity index (χ4n) is 4.53. The van der Waals surface area contributed by atoms with Crippen molar-refractivity contribution in [3.05, 3.63) is 84.1 Å². The smallest absolute Gasteiger partial charge is 0.319 e. The van der Waals surface area contributed by atoms with Crippen LogP contribution in [0.1, 0.15) is 29.5 Å². The second kappa shape index (κ2) is 8.63. The Morgan fingerprint density at radius 1 is 0.917 bits per heavy atom. The first-order valence-electron chi connectivity index (χ1n) is 11.3. The quantitative estimate of drug-likeness (QED) is 0.340. The third kappa shape index (κ3) is 3.80. The molecule has 36 heavy (non-hydrogen) atoms. The number of methoxy groups -OCH3 is 2. The van der Waals surface area contributed by atoms with E-state index in [1.165, 1.54) is 26.4 Å². The Morgan fingerprint density at radius 2 is 1.81 bits per heavy atom. The average molecular weight is 486 g/mol. The SMILES string of the molecule is COc1ncc(-c2cc([C@H]3C[C@@H]3c3cc(-c4ccc(F)cc4F)ccn3)c3nccn3n2)c(OC)n1. The Hall–Kier alpha value is -4.47. The number of imidazole rings is 1. The highest BCUT2D eigenvalue weighted by atomic mass is 19.1. The molecule has 0 radical (unpaired) electrons. The van der Waals surface area contributed by atoms with Gasteiger partial charge in [0.25, 0.3) is 0 Å². The van der Waals surface area contributed by atoms with Crippen LogP contribution >= 0.6 is 0 Å². The van der Waals surface area contributed by atoms with E-state index in [4.69, 9.17) is 9.47 Å². The molecule has 1 saturated carbocycles. The van der Waals surface area contributed by atoms with Crippen molar-refractivity contribution >= 4 is 5.65 Å². The van der Waals surface area contributed by atoms with Crippen molar-refractivity contribution in [3.8, 4) is 34.3 Å². The molecule has 0 unspecified atom stereocenters. The van der Waals surface area contributed by atoms with E-state index in [0.29, 0.717) is 28.3 Å². The topological polar surface area (TPSA) is 87.3 Å². The molecule has 1 aliphatic carbocycles. The van der Waals surface area contributed by atoms with Gasteiger partial charge in [0.05, 0.1) is 25.5 Å². The molecule has 8 nitrogen and oxygen atoms in total. The standard InChI is InChI=1S/C26H20F2N6O2/c1-35-25-20(13-31-26(32-25)36-2)23-12-19(24-30-7-8-34(24)33-23)17-11-18(17)22-9-14(5-6-29-22)16-4-3-15(27)10-21(16)28/h3-10,12-13,17-18H,11H2,1-2H3/t17-,18-/m0/s1. The third-order valence-electron chi connectivity index (χ3n) is 6.36. The van der Waals surface area contributed by atoms with E-state index in [1.807, 2.05) is 12.1 Å². The van der Waals surface area contributed by atoms with E-state index in [2.05, 4.69) is 25.0 Å². The molecule has 5 aromatic rings. The van der Waals surface area contributed by atoms with Gasteiger partial charge in [0.1, 0.15) is 11.6 Å². The summed E-state index contributed by atoms with van der Waals surface area (Å²) in [7, 11) is 3.02. The van der Waals surface area contributed by atoms with E-state index in [-0.39, 0.29) is 17.8 Å². The first kappa shape index (κ1) is 22.0. The largest absolute Gasteiger partial charge is 0.480 e. The minimum absolute atomic E-state index is 0.123. The number of hydrogen-bond acceptors (Lipinski definition) is 7. The summed E-state index contributed by atoms with van der Waals surface area (Å²) in [6.07, 6.45) is 7.61. The van der Waals surface area contributed by atoms with Gasteiger partial charge >= 0.3 is 6.01 Å². The average Bonchev–Trinajstić information content (AvgIpc) is 3.56. The van der Waals surface area contributed by atoms with Gasteiger partial charge in [0.15, 0.2) is 5.65 Å². The highest BCUT2D eigenvalue weighted by Crippen LogP contribution is 2.55. The molecule has 10 heteroatoms. The van der Waals surface area contributed by atoms with Crippen LogP contribution in [0.15, 0.2) is 61.2 Å². The fraction of sp³-hybridized carbons (Fsp3) is 0.192. The summed E-state index contributed by atoms with van der Waals surface area (Å²) in [5, 5.41) is 4.67. The summed E-state index contributed by atoms with van der Waals surface area (Å²) in [6.45, 7) is 0. The van der Waals surface area contributed by atoms with Gasteiger partial charge in [-0.25, -0.2) is 23.3 Å². The van der Waals surface area contributed by atoms with Gasteiger partial charge in [0.2, 0.25) is 5.88 Å². The molecule has 0 N–H and O–H groups in total. The van der Waals surface area contributed by atoms with E-state index in [0.717, 1.165) is 29.4 Å². The first-order chi connectivity index (χ1) is 17.6. The molecule has 0 aliphatic heterocycles. The molecular weight excluding hydrogens is 466 g/mol. The number of fused-ring (bicyclic) bond motifs is 1. The van der Waals surface area contributed by atoms with Gasteiger partial charge < -0.3 is 9.47 Å². The summed E-state index contributed by atoms with van der Waals surface area (Å²) in [4.78, 5) is 17.5. The zero-order valence-electron chi connectivity index (χ0n) is 19.4. The van der Waals surface area contributed by atoms with Crippen molar-refractivity contribution in [2.75, 3.05) is 14.2 Å². The molecule has 1 aromatic carbocycles. The van der Waals surface area contributed by atoms with Crippen molar-refractivity contribution in [1.29, 1.82) is 0 Å². The summed E-state index contributed by atoms with van der Waals surface area (Å²) < 4.78 is 40.0. The molecule has 0 bridgehead atoms. The number of benzene rings is 1. The minimum atomic E-state index is -0.608. The predicted molar refractivity (Wildman–Crippen MR) is 127 cm³/mol. The second-order valence-electron chi connectivity index (χ2n) is 8.50. The van der Waals surface area contributed by atoms with Crippen molar-refractivity contribution in [2.45, 2.75) is 18.3 Å². The van der Waals surface area contributed by atoms with Crippen LogP contribution in [0.25, 0.3) is 28.0 Å². The van der Waals surface area contributed by atoms with Crippen LogP contribution in [0.3, 0.4) is 0 Å². The molecule has 0 amide bonds. The maximum Gasteiger partial charge on any atom is 0.319 e. The summed E-state index contributed by atoms with van der Waals surface area (Å²) in [5.41, 5.74) is 4.86. The fourth-order valence-corrected chi connectivity index (χ4v) is 4.53. The number of pyridine rings is 1. The molecule has 0 spiro atoms. The number of hydrogen-bond donors (Lipinski definition) is 0. The van der Waals surface area contributed by atoms with Gasteiger partial charge in [-0.1, -0.05) is 0 Å². The van der Waals surface area contributed by atoms with Crippen LogP contribution in [-0.2, 0) is 0 Å². The van der Waals surface area contributed by atoms with E-state index in [9.17, 15) is 8.78 Å². The molecule has 1 aliphatic rings. The van der Waals surface area contributed by atoms with Gasteiger partial charge in [-0.2, -0.15) is 10.1 Å². The highest BCUT2D eigenvalue weighted by Gasteiger charge is 2.42. The van der Waals surface area contributed by atoms with Crippen LogP contribution in [0.2, 0.25) is 0 Å². The summed E-state index contributed by atoms with van der Waals surface area (Å²) in [5.74, 6) is -0.597. The molecule has 6 rings (SSSR count). The maximum absolute atomic E-state index is 14.4. The lowest BCUT2D eigenvalue weighted by Gasteiger charge is -2.11. The van der Waals surface area contributed by atoms with Crippen molar-refractivity contribution in [1.82, 2.24) is 29.5 Å². The zero-order valence-corrected chi connectivity index (χ0v) is 19.4. The molecular formula is C26H20F2N6O2. The normalized spacial score (nSPS) is 16.8.